The zero-order valence-corrected chi connectivity index (χ0v) is 16.3. The van der Waals surface area contributed by atoms with E-state index < -0.39 is 11.2 Å². The van der Waals surface area contributed by atoms with Crippen molar-refractivity contribution in [2.24, 2.45) is 0 Å². The molecule has 26 heavy (non-hydrogen) atoms. The molecule has 0 radical (unpaired) electrons. The zero-order valence-electron chi connectivity index (χ0n) is 16.3. The third kappa shape index (κ3) is 4.72. The van der Waals surface area contributed by atoms with Crippen molar-refractivity contribution in [2.75, 3.05) is 0 Å². The predicted octanol–water partition coefficient (Wildman–Crippen LogP) is 4.95. The van der Waals surface area contributed by atoms with E-state index in [4.69, 9.17) is 9.47 Å². The Kier molecular flexibility index (Phi) is 5.55. The molecule has 0 aliphatic carbocycles. The Labute approximate surface area is 155 Å². The molecule has 0 atom stereocenters. The van der Waals surface area contributed by atoms with Crippen molar-refractivity contribution in [3.05, 3.63) is 59.7 Å². The van der Waals surface area contributed by atoms with Gasteiger partial charge in [0.15, 0.2) is 0 Å². The maximum Gasteiger partial charge on any atom is 0.303 e. The van der Waals surface area contributed by atoms with Gasteiger partial charge < -0.3 is 9.47 Å². The lowest BCUT2D eigenvalue weighted by atomic mass is 9.91. The highest BCUT2D eigenvalue weighted by Gasteiger charge is 2.26. The summed E-state index contributed by atoms with van der Waals surface area (Å²) in [5.74, 6) is -0.629. The van der Waals surface area contributed by atoms with Crippen LogP contribution in [0.2, 0.25) is 0 Å². The lowest BCUT2D eigenvalue weighted by molar-refractivity contribution is -0.155. The van der Waals surface area contributed by atoms with Crippen molar-refractivity contribution < 1.29 is 19.1 Å². The standard InChI is InChI=1S/C22H26O4/c1-15(23)25-21(3,4)19-11-7-9-17(13-19)18-10-8-12-20(14-18)22(5,6)26-16(2)24/h7-14H,1-6H3. The summed E-state index contributed by atoms with van der Waals surface area (Å²) in [6, 6.07) is 15.8. The van der Waals surface area contributed by atoms with Crippen LogP contribution in [0.5, 0.6) is 0 Å². The average molecular weight is 354 g/mol. The third-order valence-corrected chi connectivity index (χ3v) is 4.25. The van der Waals surface area contributed by atoms with Crippen molar-refractivity contribution in [3.63, 3.8) is 0 Å². The van der Waals surface area contributed by atoms with Gasteiger partial charge in [0, 0.05) is 13.8 Å². The number of hydrogen-bond donors (Lipinski definition) is 0. The first-order valence-corrected chi connectivity index (χ1v) is 8.62. The quantitative estimate of drug-likeness (QED) is 0.713. The summed E-state index contributed by atoms with van der Waals surface area (Å²) in [5, 5.41) is 0. The molecule has 0 spiro atoms. The summed E-state index contributed by atoms with van der Waals surface area (Å²) >= 11 is 0. The molecule has 138 valence electrons. The maximum absolute atomic E-state index is 11.4. The molecule has 2 rings (SSSR count). The van der Waals surface area contributed by atoms with Crippen LogP contribution in [0.15, 0.2) is 48.5 Å². The third-order valence-electron chi connectivity index (χ3n) is 4.25. The van der Waals surface area contributed by atoms with Gasteiger partial charge in [-0.3, -0.25) is 9.59 Å². The normalized spacial score (nSPS) is 11.8. The molecule has 0 aliphatic heterocycles. The van der Waals surface area contributed by atoms with Gasteiger partial charge in [0.05, 0.1) is 0 Å². The number of rotatable bonds is 5. The summed E-state index contributed by atoms with van der Waals surface area (Å²) in [6.45, 7) is 10.3. The van der Waals surface area contributed by atoms with E-state index in [0.29, 0.717) is 0 Å². The molecule has 0 aliphatic rings. The Morgan fingerprint density at radius 1 is 0.692 bits per heavy atom. The number of benzene rings is 2. The Hall–Kier alpha value is -2.62. The highest BCUT2D eigenvalue weighted by molar-refractivity contribution is 5.69. The fourth-order valence-electron chi connectivity index (χ4n) is 2.98. The van der Waals surface area contributed by atoms with E-state index >= 15 is 0 Å². The van der Waals surface area contributed by atoms with Crippen LogP contribution in [-0.4, -0.2) is 11.9 Å². The molecule has 0 fully saturated rings. The number of carbonyl (C=O) groups excluding carboxylic acids is 2. The van der Waals surface area contributed by atoms with Crippen LogP contribution in [0.1, 0.15) is 52.7 Å². The molecule has 0 N–H and O–H groups in total. The molecular weight excluding hydrogens is 328 g/mol. The Morgan fingerprint density at radius 2 is 1.04 bits per heavy atom. The molecule has 4 nitrogen and oxygen atoms in total. The van der Waals surface area contributed by atoms with Crippen LogP contribution in [0.4, 0.5) is 0 Å². The van der Waals surface area contributed by atoms with E-state index in [2.05, 4.69) is 0 Å². The van der Waals surface area contributed by atoms with Crippen LogP contribution in [-0.2, 0) is 30.3 Å². The van der Waals surface area contributed by atoms with Gasteiger partial charge in [0.2, 0.25) is 0 Å². The number of hydrogen-bond acceptors (Lipinski definition) is 4. The molecule has 0 unspecified atom stereocenters. The number of ether oxygens (including phenoxy) is 2. The van der Waals surface area contributed by atoms with E-state index in [1.807, 2.05) is 76.2 Å². The second kappa shape index (κ2) is 7.32. The van der Waals surface area contributed by atoms with Crippen LogP contribution in [0.3, 0.4) is 0 Å². The molecule has 0 saturated heterocycles. The minimum absolute atomic E-state index is 0.314. The van der Waals surface area contributed by atoms with Crippen LogP contribution in [0, 0.1) is 0 Å². The van der Waals surface area contributed by atoms with E-state index in [9.17, 15) is 9.59 Å². The molecule has 0 amide bonds. The van der Waals surface area contributed by atoms with Crippen LogP contribution < -0.4 is 0 Å². The van der Waals surface area contributed by atoms with Gasteiger partial charge in [0.1, 0.15) is 11.2 Å². The molecule has 2 aromatic rings. The first kappa shape index (κ1) is 19.7. The van der Waals surface area contributed by atoms with E-state index in [1.54, 1.807) is 0 Å². The molecule has 4 heteroatoms. The summed E-state index contributed by atoms with van der Waals surface area (Å²) in [5.41, 5.74) is 2.41. The minimum atomic E-state index is -0.712. The number of carbonyl (C=O) groups is 2. The summed E-state index contributed by atoms with van der Waals surface area (Å²) in [4.78, 5) is 22.7. The Morgan fingerprint density at radius 3 is 1.35 bits per heavy atom. The molecule has 0 saturated carbocycles. The van der Waals surface area contributed by atoms with Gasteiger partial charge in [-0.15, -0.1) is 0 Å². The summed E-state index contributed by atoms with van der Waals surface area (Å²) in [6.07, 6.45) is 0. The monoisotopic (exact) mass is 354 g/mol. The lowest BCUT2D eigenvalue weighted by Gasteiger charge is -2.26. The van der Waals surface area contributed by atoms with Crippen molar-refractivity contribution in [2.45, 2.75) is 52.7 Å². The fraction of sp³-hybridized carbons (Fsp3) is 0.364. The van der Waals surface area contributed by atoms with Gasteiger partial charge in [0.25, 0.3) is 0 Å². The average Bonchev–Trinajstić information content (AvgIpc) is 2.53. The summed E-state index contributed by atoms with van der Waals surface area (Å²) in [7, 11) is 0. The second-order valence-electron chi connectivity index (χ2n) is 7.37. The molecular formula is C22H26O4. The number of esters is 2. The first-order chi connectivity index (χ1) is 12.0. The second-order valence-corrected chi connectivity index (χ2v) is 7.37. The van der Waals surface area contributed by atoms with E-state index in [-0.39, 0.29) is 11.9 Å². The van der Waals surface area contributed by atoms with Gasteiger partial charge in [-0.1, -0.05) is 36.4 Å². The van der Waals surface area contributed by atoms with Crippen LogP contribution >= 0.6 is 0 Å². The smallest absolute Gasteiger partial charge is 0.303 e. The maximum atomic E-state index is 11.4. The lowest BCUT2D eigenvalue weighted by Crippen LogP contribution is -2.24. The van der Waals surface area contributed by atoms with Gasteiger partial charge in [-0.05, 0) is 62.1 Å². The van der Waals surface area contributed by atoms with Gasteiger partial charge in [-0.2, -0.15) is 0 Å². The van der Waals surface area contributed by atoms with Crippen molar-refractivity contribution >= 4 is 11.9 Å². The van der Waals surface area contributed by atoms with E-state index in [0.717, 1.165) is 22.3 Å². The van der Waals surface area contributed by atoms with Crippen molar-refractivity contribution in [1.82, 2.24) is 0 Å². The minimum Gasteiger partial charge on any atom is -0.455 e. The molecule has 0 heterocycles. The summed E-state index contributed by atoms with van der Waals surface area (Å²) < 4.78 is 10.9. The SMILES string of the molecule is CC(=O)OC(C)(C)c1cccc(-c2cccc(C(C)(C)OC(C)=O)c2)c1. The molecule has 0 aromatic heterocycles. The van der Waals surface area contributed by atoms with Gasteiger partial charge >= 0.3 is 11.9 Å². The Bertz CT molecular complexity index is 749. The molecule has 0 bridgehead atoms. The topological polar surface area (TPSA) is 52.6 Å². The highest BCUT2D eigenvalue weighted by atomic mass is 16.6. The van der Waals surface area contributed by atoms with Crippen LogP contribution in [0.25, 0.3) is 11.1 Å². The largest absolute Gasteiger partial charge is 0.455 e. The molecule has 2 aromatic carbocycles. The Balaban J connectivity index is 2.41. The van der Waals surface area contributed by atoms with E-state index in [1.165, 1.54) is 13.8 Å². The first-order valence-electron chi connectivity index (χ1n) is 8.62. The van der Waals surface area contributed by atoms with Crippen molar-refractivity contribution in [1.29, 1.82) is 0 Å². The highest BCUT2D eigenvalue weighted by Crippen LogP contribution is 2.32. The van der Waals surface area contributed by atoms with Gasteiger partial charge in [-0.25, -0.2) is 0 Å². The predicted molar refractivity (Wildman–Crippen MR) is 101 cm³/mol. The zero-order chi connectivity index (χ0) is 19.5. The fourth-order valence-corrected chi connectivity index (χ4v) is 2.98. The van der Waals surface area contributed by atoms with Crippen molar-refractivity contribution in [3.8, 4) is 11.1 Å².